The van der Waals surface area contributed by atoms with Gasteiger partial charge in [0.1, 0.15) is 0 Å². The van der Waals surface area contributed by atoms with E-state index in [1.54, 1.807) is 96.9 Å². The van der Waals surface area contributed by atoms with E-state index in [4.69, 9.17) is 75.8 Å². The maximum absolute atomic E-state index is 14.1. The van der Waals surface area contributed by atoms with E-state index in [0.717, 1.165) is 0 Å². The Balaban J connectivity index is 4.13. The smallest absolute Gasteiger partial charge is 0.334 e. The van der Waals surface area contributed by atoms with Crippen LogP contribution < -0.4 is 0 Å². The maximum Gasteiger partial charge on any atom is 0.334 e. The largest absolute Gasteiger partial charge is 0.491 e. The first-order valence-electron chi connectivity index (χ1n) is 24.9. The molecule has 0 aromatic carbocycles. The molecule has 0 aliphatic heterocycles. The molecule has 0 bridgehead atoms. The van der Waals surface area contributed by atoms with Crippen molar-refractivity contribution in [3.8, 4) is 0 Å². The molecule has 0 radical (unpaired) electrons. The minimum atomic E-state index is -2.43. The highest BCUT2D eigenvalue weighted by atomic mass is 16.8. The molecule has 400 valence electrons. The van der Waals surface area contributed by atoms with Crippen LogP contribution in [0.5, 0.6) is 0 Å². The normalized spacial score (nSPS) is 23.9. The van der Waals surface area contributed by atoms with Crippen molar-refractivity contribution in [3.63, 3.8) is 0 Å². The minimum absolute atomic E-state index is 0.00856. The number of ether oxygens (including phenoxy) is 16. The van der Waals surface area contributed by atoms with Crippen LogP contribution in [0.3, 0.4) is 0 Å². The molecule has 0 N–H and O–H groups in total. The summed E-state index contributed by atoms with van der Waals surface area (Å²) in [7, 11) is 0. The Kier molecular flexibility index (Phi) is 24.1. The van der Waals surface area contributed by atoms with Gasteiger partial charge in [-0.25, -0.2) is 9.59 Å². The van der Waals surface area contributed by atoms with Crippen LogP contribution in [0.2, 0.25) is 0 Å². The first-order chi connectivity index (χ1) is 32.8. The fourth-order valence-corrected chi connectivity index (χ4v) is 10.1. The van der Waals surface area contributed by atoms with Crippen LogP contribution in [0.25, 0.3) is 0 Å². The van der Waals surface area contributed by atoms with Gasteiger partial charge in [-0.1, -0.05) is 27.0 Å². The summed E-state index contributed by atoms with van der Waals surface area (Å²) in [5.74, 6) is -11.4. The molecular formula is C51H88O18. The Hall–Kier alpha value is -3.30. The fraction of sp³-hybridized carbons (Fsp3) is 0.804. The second-order valence-electron chi connectivity index (χ2n) is 16.1. The van der Waals surface area contributed by atoms with E-state index < -0.39 is 63.9 Å². The second kappa shape index (κ2) is 26.9. The van der Waals surface area contributed by atoms with Crippen LogP contribution in [-0.2, 0) is 85.4 Å². The number of hydrogen-bond acceptors (Lipinski definition) is 18. The maximum atomic E-state index is 14.1. The molecule has 18 nitrogen and oxygen atoms in total. The summed E-state index contributed by atoms with van der Waals surface area (Å²) in [6, 6.07) is 0. The van der Waals surface area contributed by atoms with Gasteiger partial charge in [0.15, 0.2) is 34.2 Å². The zero-order chi connectivity index (χ0) is 52.5. The van der Waals surface area contributed by atoms with Gasteiger partial charge >= 0.3 is 11.9 Å². The van der Waals surface area contributed by atoms with Gasteiger partial charge in [0.25, 0.3) is 23.1 Å². The number of hydrogen-bond donors (Lipinski definition) is 0. The van der Waals surface area contributed by atoms with Crippen molar-refractivity contribution in [2.75, 3.05) is 92.5 Å². The number of rotatable bonds is 34. The van der Waals surface area contributed by atoms with Crippen molar-refractivity contribution in [2.24, 2.45) is 5.41 Å². The Morgan fingerprint density at radius 1 is 0.406 bits per heavy atom. The zero-order valence-electron chi connectivity index (χ0n) is 45.3. The molecule has 0 aromatic rings. The molecule has 18 heteroatoms. The van der Waals surface area contributed by atoms with Crippen molar-refractivity contribution in [1.82, 2.24) is 0 Å². The third-order valence-corrected chi connectivity index (χ3v) is 11.7. The van der Waals surface area contributed by atoms with Crippen LogP contribution in [0.15, 0.2) is 47.3 Å². The predicted molar refractivity (Wildman–Crippen MR) is 256 cm³/mol. The highest BCUT2D eigenvalue weighted by molar-refractivity contribution is 5.87. The van der Waals surface area contributed by atoms with Gasteiger partial charge in [0, 0.05) is 82.6 Å². The van der Waals surface area contributed by atoms with Gasteiger partial charge < -0.3 is 75.8 Å². The second-order valence-corrected chi connectivity index (χ2v) is 16.1. The van der Waals surface area contributed by atoms with E-state index in [1.165, 1.54) is 13.8 Å². The topological polar surface area (TPSA) is 182 Å². The Morgan fingerprint density at radius 3 is 0.855 bits per heavy atom. The molecule has 2 aliphatic rings. The standard InChI is InChI=1S/C51H88O18/c1-21-54-37-39(56-23-3)46(58-25-5,50(64-31-11,65-32-12)48(60-27-7,61-28-8)41(37)68-43(52)35(15)16)45(19,20)47(59-26-6)40(57-24-4)38(55-22-2)42(69-44(53)36(17)18)49(62-29-9,63-30-10)51(47,66-33-13)67-34-14/h41-42H,15,17,21-34H2,1-14,16,18-20H3. The lowest BCUT2D eigenvalue weighted by Gasteiger charge is -2.70. The monoisotopic (exact) mass is 989 g/mol. The van der Waals surface area contributed by atoms with Crippen LogP contribution in [-0.4, -0.2) is 151 Å². The summed E-state index contributed by atoms with van der Waals surface area (Å²) >= 11 is 0. The number of carbonyl (C=O) groups is 2. The summed E-state index contributed by atoms with van der Waals surface area (Å²) in [5.41, 5.74) is -6.47. The molecule has 4 unspecified atom stereocenters. The summed E-state index contributed by atoms with van der Waals surface area (Å²) in [4.78, 5) is 28.2. The SMILES string of the molecule is C=C(C)C(=O)OC1C(OCC)=C(OCC)C(OCC)(C(C)(C)C2(OCC)C(OCC)=C(OCC)C(OC(=O)C(=C)C)C(OCC)(OCC)C2(OCC)OCC)C(OCC)(OCC)C1(OCC)OCC. The van der Waals surface area contributed by atoms with Gasteiger partial charge in [-0.05, 0) is 111 Å². The van der Waals surface area contributed by atoms with Gasteiger partial charge in [0.2, 0.25) is 12.2 Å². The van der Waals surface area contributed by atoms with Crippen LogP contribution in [0.1, 0.15) is 125 Å². The molecule has 0 spiro atoms. The lowest BCUT2D eigenvalue weighted by atomic mass is 9.50. The molecule has 0 heterocycles. The van der Waals surface area contributed by atoms with E-state index in [0.29, 0.717) is 0 Å². The van der Waals surface area contributed by atoms with Crippen LogP contribution in [0.4, 0.5) is 0 Å². The van der Waals surface area contributed by atoms with E-state index in [-0.39, 0.29) is 127 Å². The molecule has 0 fully saturated rings. The summed E-state index contributed by atoms with van der Waals surface area (Å²) in [6.45, 7) is 38.5. The number of carbonyl (C=O) groups excluding carboxylic acids is 2. The average Bonchev–Trinajstić information content (AvgIpc) is 3.29. The molecule has 4 atom stereocenters. The van der Waals surface area contributed by atoms with Crippen molar-refractivity contribution in [3.05, 3.63) is 47.3 Å². The molecule has 0 aromatic heterocycles. The fourth-order valence-electron chi connectivity index (χ4n) is 10.1. The van der Waals surface area contributed by atoms with Crippen molar-refractivity contribution >= 4 is 11.9 Å². The Morgan fingerprint density at radius 2 is 0.652 bits per heavy atom. The molecule has 69 heavy (non-hydrogen) atoms. The lowest BCUT2D eigenvalue weighted by molar-refractivity contribution is -0.517. The highest BCUT2D eigenvalue weighted by Gasteiger charge is 2.92. The van der Waals surface area contributed by atoms with Gasteiger partial charge in [-0.15, -0.1) is 0 Å². The summed E-state index contributed by atoms with van der Waals surface area (Å²) in [5, 5.41) is 0. The van der Waals surface area contributed by atoms with Crippen molar-refractivity contribution in [2.45, 2.75) is 171 Å². The lowest BCUT2D eigenvalue weighted by Crippen LogP contribution is -2.90. The van der Waals surface area contributed by atoms with Crippen LogP contribution >= 0.6 is 0 Å². The molecular weight excluding hydrogens is 901 g/mol. The third-order valence-electron chi connectivity index (χ3n) is 11.7. The Labute approximate surface area is 412 Å². The van der Waals surface area contributed by atoms with Crippen molar-refractivity contribution in [1.29, 1.82) is 0 Å². The van der Waals surface area contributed by atoms with E-state index in [9.17, 15) is 9.59 Å². The van der Waals surface area contributed by atoms with E-state index in [1.807, 2.05) is 13.8 Å². The number of esters is 2. The van der Waals surface area contributed by atoms with Crippen molar-refractivity contribution < 1.29 is 85.4 Å². The van der Waals surface area contributed by atoms with E-state index >= 15 is 0 Å². The van der Waals surface area contributed by atoms with Crippen LogP contribution in [0, 0.1) is 5.41 Å². The quantitative estimate of drug-likeness (QED) is 0.0341. The molecule has 2 rings (SSSR count). The summed E-state index contributed by atoms with van der Waals surface area (Å²) < 4.78 is 112. The van der Waals surface area contributed by atoms with E-state index in [2.05, 4.69) is 13.2 Å². The van der Waals surface area contributed by atoms with Gasteiger partial charge in [0.05, 0.1) is 26.4 Å². The molecule has 0 saturated carbocycles. The highest BCUT2D eigenvalue weighted by Crippen LogP contribution is 2.71. The zero-order valence-corrected chi connectivity index (χ0v) is 45.3. The predicted octanol–water partition coefficient (Wildman–Crippen LogP) is 8.21. The first kappa shape index (κ1) is 61.8. The van der Waals surface area contributed by atoms with Gasteiger partial charge in [-0.3, -0.25) is 0 Å². The Bertz CT molecular complexity index is 1590. The first-order valence-corrected chi connectivity index (χ1v) is 24.9. The molecule has 0 amide bonds. The van der Waals surface area contributed by atoms with Gasteiger partial charge in [-0.2, -0.15) is 0 Å². The third kappa shape index (κ3) is 10.1. The molecule has 2 aliphatic carbocycles. The molecule has 0 saturated heterocycles. The minimum Gasteiger partial charge on any atom is -0.491 e. The summed E-state index contributed by atoms with van der Waals surface area (Å²) in [6.07, 6.45) is -3.25. The average molecular weight is 989 g/mol.